The SMILES string of the molecule is CCCC1CCC2C(CCC3C2CCC2(C)C(C(C)Cn4nnnc4C)CCC32)C1. The van der Waals surface area contributed by atoms with Crippen LogP contribution >= 0.6 is 0 Å². The van der Waals surface area contributed by atoms with E-state index in [9.17, 15) is 0 Å². The molecule has 4 heteroatoms. The van der Waals surface area contributed by atoms with Crippen molar-refractivity contribution in [3.05, 3.63) is 5.82 Å². The Balaban J connectivity index is 1.28. The lowest BCUT2D eigenvalue weighted by atomic mass is 9.48. The van der Waals surface area contributed by atoms with Crippen LogP contribution in [0.25, 0.3) is 0 Å². The topological polar surface area (TPSA) is 43.6 Å². The molecular formula is C26H44N4. The molecule has 0 N–H and O–H groups in total. The molecule has 4 aliphatic carbocycles. The van der Waals surface area contributed by atoms with Gasteiger partial charge in [0, 0.05) is 6.54 Å². The summed E-state index contributed by atoms with van der Waals surface area (Å²) in [5.41, 5.74) is 0.550. The molecule has 0 bridgehead atoms. The fraction of sp³-hybridized carbons (Fsp3) is 0.962. The molecular weight excluding hydrogens is 368 g/mol. The highest BCUT2D eigenvalue weighted by molar-refractivity contribution is 5.06. The summed E-state index contributed by atoms with van der Waals surface area (Å²) in [6.07, 6.45) is 16.5. The number of tetrazole rings is 1. The van der Waals surface area contributed by atoms with E-state index in [2.05, 4.69) is 36.3 Å². The molecule has 4 saturated carbocycles. The highest BCUT2D eigenvalue weighted by atomic mass is 15.5. The second kappa shape index (κ2) is 8.20. The second-order valence-corrected chi connectivity index (χ2v) is 12.0. The molecule has 4 aliphatic rings. The van der Waals surface area contributed by atoms with E-state index < -0.39 is 0 Å². The summed E-state index contributed by atoms with van der Waals surface area (Å²) in [7, 11) is 0. The number of hydrogen-bond acceptors (Lipinski definition) is 3. The van der Waals surface area contributed by atoms with E-state index in [0.717, 1.165) is 53.8 Å². The van der Waals surface area contributed by atoms with E-state index in [-0.39, 0.29) is 0 Å². The lowest BCUT2D eigenvalue weighted by Gasteiger charge is -2.57. The van der Waals surface area contributed by atoms with Gasteiger partial charge in [-0.25, -0.2) is 4.68 Å². The minimum atomic E-state index is 0.550. The van der Waals surface area contributed by atoms with E-state index in [1.54, 1.807) is 19.3 Å². The molecule has 1 heterocycles. The summed E-state index contributed by atoms with van der Waals surface area (Å²) < 4.78 is 2.03. The van der Waals surface area contributed by atoms with Crippen molar-refractivity contribution in [2.45, 2.75) is 105 Å². The van der Waals surface area contributed by atoms with Crippen molar-refractivity contribution < 1.29 is 0 Å². The van der Waals surface area contributed by atoms with Gasteiger partial charge < -0.3 is 0 Å². The van der Waals surface area contributed by atoms with Crippen molar-refractivity contribution in [3.8, 4) is 0 Å². The van der Waals surface area contributed by atoms with Crippen LogP contribution in [0.4, 0.5) is 0 Å². The number of nitrogens with zero attached hydrogens (tertiary/aromatic N) is 4. The third kappa shape index (κ3) is 3.45. The number of aryl methyl sites for hydroxylation is 1. The maximum absolute atomic E-state index is 4.24. The Hall–Kier alpha value is -0.930. The van der Waals surface area contributed by atoms with E-state index in [1.165, 1.54) is 51.4 Å². The average Bonchev–Trinajstić information content (AvgIpc) is 3.30. The smallest absolute Gasteiger partial charge is 0.148 e. The Bertz CT molecular complexity index is 728. The van der Waals surface area contributed by atoms with Crippen LogP contribution in [0.15, 0.2) is 0 Å². The molecule has 9 atom stereocenters. The van der Waals surface area contributed by atoms with Gasteiger partial charge in [0.15, 0.2) is 0 Å². The quantitative estimate of drug-likeness (QED) is 0.570. The molecule has 4 fully saturated rings. The predicted octanol–water partition coefficient (Wildman–Crippen LogP) is 6.30. The van der Waals surface area contributed by atoms with Gasteiger partial charge in [0.1, 0.15) is 5.82 Å². The molecule has 9 unspecified atom stereocenters. The maximum Gasteiger partial charge on any atom is 0.148 e. The van der Waals surface area contributed by atoms with Crippen LogP contribution in [0.5, 0.6) is 0 Å². The first-order valence-electron chi connectivity index (χ1n) is 13.2. The third-order valence-corrected chi connectivity index (χ3v) is 10.7. The van der Waals surface area contributed by atoms with Crippen LogP contribution in [0.3, 0.4) is 0 Å². The van der Waals surface area contributed by atoms with E-state index in [4.69, 9.17) is 0 Å². The van der Waals surface area contributed by atoms with Gasteiger partial charge in [0.25, 0.3) is 0 Å². The van der Waals surface area contributed by atoms with Gasteiger partial charge in [-0.15, -0.1) is 5.10 Å². The Kier molecular flexibility index (Phi) is 5.73. The number of rotatable bonds is 5. The minimum absolute atomic E-state index is 0.550. The normalized spacial score (nSPS) is 44.2. The summed E-state index contributed by atoms with van der Waals surface area (Å²) in [6.45, 7) is 10.5. The molecule has 168 valence electrons. The summed E-state index contributed by atoms with van der Waals surface area (Å²) in [6, 6.07) is 0. The fourth-order valence-electron chi connectivity index (χ4n) is 9.41. The summed E-state index contributed by atoms with van der Waals surface area (Å²) in [5.74, 6) is 8.72. The maximum atomic E-state index is 4.24. The van der Waals surface area contributed by atoms with Gasteiger partial charge >= 0.3 is 0 Å². The zero-order valence-corrected chi connectivity index (χ0v) is 19.9. The Labute approximate surface area is 184 Å². The van der Waals surface area contributed by atoms with Gasteiger partial charge in [-0.1, -0.05) is 40.0 Å². The van der Waals surface area contributed by atoms with E-state index in [1.807, 2.05) is 11.6 Å². The fourth-order valence-corrected chi connectivity index (χ4v) is 9.41. The Morgan fingerprint density at radius 1 is 1.03 bits per heavy atom. The van der Waals surface area contributed by atoms with Crippen LogP contribution in [0, 0.1) is 59.7 Å². The van der Waals surface area contributed by atoms with Crippen LogP contribution in [-0.4, -0.2) is 20.2 Å². The average molecular weight is 413 g/mol. The van der Waals surface area contributed by atoms with Crippen molar-refractivity contribution in [3.63, 3.8) is 0 Å². The Morgan fingerprint density at radius 2 is 1.87 bits per heavy atom. The van der Waals surface area contributed by atoms with Crippen molar-refractivity contribution in [2.24, 2.45) is 52.8 Å². The lowest BCUT2D eigenvalue weighted by Crippen LogP contribution is -2.49. The standard InChI is InChI=1S/C26H44N4/c1-5-6-19-7-9-21-20(15-19)8-10-23-22(21)13-14-26(4)24(11-12-25(23)26)17(2)16-30-18(3)27-28-29-30/h17,19-25H,5-16H2,1-4H3. The molecule has 0 spiro atoms. The molecule has 0 amide bonds. The van der Waals surface area contributed by atoms with Gasteiger partial charge in [-0.3, -0.25) is 0 Å². The summed E-state index contributed by atoms with van der Waals surface area (Å²) >= 11 is 0. The number of hydrogen-bond donors (Lipinski definition) is 0. The van der Waals surface area contributed by atoms with Crippen molar-refractivity contribution in [1.82, 2.24) is 20.2 Å². The molecule has 4 nitrogen and oxygen atoms in total. The second-order valence-electron chi connectivity index (χ2n) is 12.0. The van der Waals surface area contributed by atoms with Gasteiger partial charge in [0.05, 0.1) is 0 Å². The molecule has 0 aliphatic heterocycles. The highest BCUT2D eigenvalue weighted by Crippen LogP contribution is 2.65. The monoisotopic (exact) mass is 412 g/mol. The number of aromatic nitrogens is 4. The van der Waals surface area contributed by atoms with Crippen molar-refractivity contribution >= 4 is 0 Å². The van der Waals surface area contributed by atoms with Crippen LogP contribution < -0.4 is 0 Å². The molecule has 30 heavy (non-hydrogen) atoms. The van der Waals surface area contributed by atoms with Crippen LogP contribution in [-0.2, 0) is 6.54 Å². The van der Waals surface area contributed by atoms with Crippen LogP contribution in [0.2, 0.25) is 0 Å². The Morgan fingerprint density at radius 3 is 2.63 bits per heavy atom. The highest BCUT2D eigenvalue weighted by Gasteiger charge is 2.57. The van der Waals surface area contributed by atoms with Crippen LogP contribution in [0.1, 0.15) is 97.2 Å². The van der Waals surface area contributed by atoms with Gasteiger partial charge in [-0.05, 0) is 121 Å². The molecule has 0 radical (unpaired) electrons. The van der Waals surface area contributed by atoms with E-state index in [0.29, 0.717) is 11.3 Å². The minimum Gasteiger partial charge on any atom is -0.230 e. The van der Waals surface area contributed by atoms with Crippen molar-refractivity contribution in [1.29, 1.82) is 0 Å². The van der Waals surface area contributed by atoms with Gasteiger partial charge in [0.2, 0.25) is 0 Å². The number of fused-ring (bicyclic) bond motifs is 5. The predicted molar refractivity (Wildman–Crippen MR) is 121 cm³/mol. The zero-order valence-electron chi connectivity index (χ0n) is 19.9. The van der Waals surface area contributed by atoms with Crippen molar-refractivity contribution in [2.75, 3.05) is 0 Å². The van der Waals surface area contributed by atoms with Gasteiger partial charge in [-0.2, -0.15) is 0 Å². The molecule has 0 aromatic carbocycles. The molecule has 1 aromatic rings. The molecule has 1 aromatic heterocycles. The largest absolute Gasteiger partial charge is 0.230 e. The third-order valence-electron chi connectivity index (χ3n) is 10.7. The summed E-state index contributed by atoms with van der Waals surface area (Å²) in [5, 5.41) is 12.2. The molecule has 0 saturated heterocycles. The zero-order chi connectivity index (χ0) is 20.9. The van der Waals surface area contributed by atoms with E-state index >= 15 is 0 Å². The first kappa shape index (κ1) is 20.9. The molecule has 5 rings (SSSR count). The first-order valence-corrected chi connectivity index (χ1v) is 13.2. The summed E-state index contributed by atoms with van der Waals surface area (Å²) in [4.78, 5) is 0. The first-order chi connectivity index (χ1) is 14.5. The lowest BCUT2D eigenvalue weighted by molar-refractivity contribution is -0.0749.